The number of aromatic nitrogens is 1. The van der Waals surface area contributed by atoms with Crippen LogP contribution in [0.5, 0.6) is 17.2 Å². The molecule has 0 bridgehead atoms. The molecule has 0 radical (unpaired) electrons. The van der Waals surface area contributed by atoms with Gasteiger partial charge in [0.05, 0.1) is 32.1 Å². The second kappa shape index (κ2) is 9.41. The number of rotatable bonds is 6. The maximum absolute atomic E-state index is 13.9. The molecule has 4 rings (SSSR count). The summed E-state index contributed by atoms with van der Waals surface area (Å²) in [7, 11) is 1.48. The van der Waals surface area contributed by atoms with Crippen molar-refractivity contribution in [2.24, 2.45) is 0 Å². The first-order chi connectivity index (χ1) is 14.2. The molecular weight excluding hydrogens is 407 g/mol. The van der Waals surface area contributed by atoms with Gasteiger partial charge in [0.1, 0.15) is 0 Å². The molecule has 160 valence electrons. The van der Waals surface area contributed by atoms with Gasteiger partial charge in [-0.3, -0.25) is 0 Å². The highest BCUT2D eigenvalue weighted by molar-refractivity contribution is 5.56. The lowest BCUT2D eigenvalue weighted by atomic mass is 10.0. The van der Waals surface area contributed by atoms with Gasteiger partial charge in [0.2, 0.25) is 0 Å². The van der Waals surface area contributed by atoms with Gasteiger partial charge in [-0.25, -0.2) is 4.39 Å². The van der Waals surface area contributed by atoms with Crippen LogP contribution in [-0.2, 0) is 6.54 Å². The first kappa shape index (κ1) is 22.0. The largest absolute Gasteiger partial charge is 1.00 e. The van der Waals surface area contributed by atoms with E-state index < -0.39 is 0 Å². The molecule has 1 atom stereocenters. The van der Waals surface area contributed by atoms with E-state index >= 15 is 0 Å². The Morgan fingerprint density at radius 2 is 1.77 bits per heavy atom. The first-order valence-electron chi connectivity index (χ1n) is 9.83. The quantitative estimate of drug-likeness (QED) is 0.644. The van der Waals surface area contributed by atoms with E-state index in [0.29, 0.717) is 19.8 Å². The summed E-state index contributed by atoms with van der Waals surface area (Å²) in [4.78, 5) is 0. The standard InChI is InChI=1S/C23H25FN2O3.ClH/c1-4-28-21-12-16-14-25-23(15-8-9-17(24)20(11-15)27-3)18-7-6-10-26(18)19(16)13-22(21)29-5-2;/h6-13,23,25H,4-5,14H2,1-3H3;1H/p-1. The Morgan fingerprint density at radius 3 is 2.47 bits per heavy atom. The highest BCUT2D eigenvalue weighted by Crippen LogP contribution is 2.38. The van der Waals surface area contributed by atoms with Crippen LogP contribution in [0.2, 0.25) is 0 Å². The first-order valence-corrected chi connectivity index (χ1v) is 9.83. The Labute approximate surface area is 182 Å². The summed E-state index contributed by atoms with van der Waals surface area (Å²) in [6.45, 7) is 5.68. The lowest BCUT2D eigenvalue weighted by Gasteiger charge is -2.19. The molecule has 1 unspecified atom stereocenters. The molecular formula is C23H25ClFN2O3-. The fourth-order valence-corrected chi connectivity index (χ4v) is 3.80. The number of nitrogens with one attached hydrogen (secondary N) is 1. The summed E-state index contributed by atoms with van der Waals surface area (Å²) >= 11 is 0. The van der Waals surface area contributed by atoms with Crippen LogP contribution in [-0.4, -0.2) is 24.9 Å². The van der Waals surface area contributed by atoms with Gasteiger partial charge in [0, 0.05) is 24.5 Å². The third-order valence-electron chi connectivity index (χ3n) is 5.09. The van der Waals surface area contributed by atoms with Crippen molar-refractivity contribution in [1.82, 2.24) is 9.88 Å². The predicted molar refractivity (Wildman–Crippen MR) is 110 cm³/mol. The number of nitrogens with zero attached hydrogens (tertiary/aromatic N) is 1. The number of fused-ring (bicyclic) bond motifs is 3. The van der Waals surface area contributed by atoms with Crippen molar-refractivity contribution in [3.63, 3.8) is 0 Å². The maximum atomic E-state index is 13.9. The lowest BCUT2D eigenvalue weighted by Crippen LogP contribution is -3.00. The minimum absolute atomic E-state index is 0. The fourth-order valence-electron chi connectivity index (χ4n) is 3.80. The minimum atomic E-state index is -0.369. The Bertz CT molecular complexity index is 1020. The third kappa shape index (κ3) is 3.98. The monoisotopic (exact) mass is 431 g/mol. The summed E-state index contributed by atoms with van der Waals surface area (Å²) < 4.78 is 32.9. The predicted octanol–water partition coefficient (Wildman–Crippen LogP) is 1.62. The minimum Gasteiger partial charge on any atom is -1.00 e. The molecule has 30 heavy (non-hydrogen) atoms. The van der Waals surface area contributed by atoms with Crippen LogP contribution in [0.4, 0.5) is 4.39 Å². The van der Waals surface area contributed by atoms with Gasteiger partial charge in [-0.05, 0) is 55.3 Å². The number of hydrogen-bond acceptors (Lipinski definition) is 4. The van der Waals surface area contributed by atoms with Gasteiger partial charge < -0.3 is 36.5 Å². The van der Waals surface area contributed by atoms with Crippen LogP contribution in [0, 0.1) is 5.82 Å². The number of hydrogen-bond donors (Lipinski definition) is 1. The van der Waals surface area contributed by atoms with Crippen molar-refractivity contribution in [2.75, 3.05) is 20.3 Å². The SMILES string of the molecule is CCOc1cc2c(cc1OCC)-n1cccc1C(c1ccc(F)c(OC)c1)NC2.[Cl-]. The second-order valence-corrected chi connectivity index (χ2v) is 6.80. The van der Waals surface area contributed by atoms with E-state index in [-0.39, 0.29) is 30.0 Å². The molecule has 3 aromatic rings. The van der Waals surface area contributed by atoms with Gasteiger partial charge >= 0.3 is 0 Å². The summed E-state index contributed by atoms with van der Waals surface area (Å²) in [6, 6.07) is 13.0. The van der Waals surface area contributed by atoms with Gasteiger partial charge in [-0.15, -0.1) is 0 Å². The van der Waals surface area contributed by atoms with E-state index in [1.807, 2.05) is 38.2 Å². The van der Waals surface area contributed by atoms with Gasteiger partial charge in [-0.1, -0.05) is 6.07 Å². The van der Waals surface area contributed by atoms with Gasteiger partial charge in [0.25, 0.3) is 0 Å². The average molecular weight is 432 g/mol. The highest BCUT2D eigenvalue weighted by Gasteiger charge is 2.25. The molecule has 0 aliphatic carbocycles. The van der Waals surface area contributed by atoms with Crippen LogP contribution in [0.15, 0.2) is 48.7 Å². The molecule has 1 aliphatic heterocycles. The van der Waals surface area contributed by atoms with Crippen LogP contribution < -0.4 is 31.9 Å². The summed E-state index contributed by atoms with van der Waals surface area (Å²) in [6.07, 6.45) is 2.03. The summed E-state index contributed by atoms with van der Waals surface area (Å²) in [5.41, 5.74) is 4.14. The molecule has 0 amide bonds. The van der Waals surface area contributed by atoms with Gasteiger partial charge in [-0.2, -0.15) is 0 Å². The van der Waals surface area contributed by atoms with Crippen molar-refractivity contribution in [3.05, 3.63) is 71.3 Å². The van der Waals surface area contributed by atoms with E-state index in [2.05, 4.69) is 16.0 Å². The molecule has 2 heterocycles. The fraction of sp³-hybridized carbons (Fsp3) is 0.304. The van der Waals surface area contributed by atoms with Crippen molar-refractivity contribution in [2.45, 2.75) is 26.4 Å². The van der Waals surface area contributed by atoms with Crippen LogP contribution >= 0.6 is 0 Å². The molecule has 1 N–H and O–H groups in total. The van der Waals surface area contributed by atoms with Crippen LogP contribution in [0.25, 0.3) is 5.69 Å². The third-order valence-corrected chi connectivity index (χ3v) is 5.09. The topological polar surface area (TPSA) is 44.7 Å². The molecule has 0 spiro atoms. The molecule has 1 aliphatic rings. The van der Waals surface area contributed by atoms with E-state index in [1.54, 1.807) is 12.1 Å². The van der Waals surface area contributed by atoms with Crippen LogP contribution in [0.3, 0.4) is 0 Å². The summed E-state index contributed by atoms with van der Waals surface area (Å²) in [5, 5.41) is 3.59. The lowest BCUT2D eigenvalue weighted by molar-refractivity contribution is -0.00000764. The molecule has 1 aromatic heterocycles. The number of methoxy groups -OCH3 is 1. The zero-order valence-corrected chi connectivity index (χ0v) is 18.0. The summed E-state index contributed by atoms with van der Waals surface area (Å²) in [5.74, 6) is 1.34. The molecule has 0 saturated heterocycles. The maximum Gasteiger partial charge on any atom is 0.165 e. The van der Waals surface area contributed by atoms with Crippen molar-refractivity contribution in [3.8, 4) is 22.9 Å². The normalized spacial score (nSPS) is 14.7. The van der Waals surface area contributed by atoms with Gasteiger partial charge in [0.15, 0.2) is 23.1 Å². The number of halogens is 2. The Hall–Kier alpha value is -2.70. The van der Waals surface area contributed by atoms with Crippen molar-refractivity contribution >= 4 is 0 Å². The smallest absolute Gasteiger partial charge is 0.165 e. The zero-order valence-electron chi connectivity index (χ0n) is 17.2. The van der Waals surface area contributed by atoms with E-state index in [4.69, 9.17) is 14.2 Å². The zero-order chi connectivity index (χ0) is 20.4. The van der Waals surface area contributed by atoms with Crippen molar-refractivity contribution < 1.29 is 31.0 Å². The Kier molecular flexibility index (Phi) is 6.90. The highest BCUT2D eigenvalue weighted by atomic mass is 35.5. The molecule has 0 saturated carbocycles. The number of ether oxygens (including phenoxy) is 3. The van der Waals surface area contributed by atoms with E-state index in [0.717, 1.165) is 34.0 Å². The average Bonchev–Trinajstić information content (AvgIpc) is 3.15. The second-order valence-electron chi connectivity index (χ2n) is 6.80. The van der Waals surface area contributed by atoms with Crippen LogP contribution in [0.1, 0.15) is 36.7 Å². The molecule has 7 heteroatoms. The van der Waals surface area contributed by atoms with E-state index in [9.17, 15) is 4.39 Å². The Balaban J connectivity index is 0.00000256. The number of benzene rings is 2. The van der Waals surface area contributed by atoms with Crippen molar-refractivity contribution in [1.29, 1.82) is 0 Å². The molecule has 5 nitrogen and oxygen atoms in total. The molecule has 2 aromatic carbocycles. The Morgan fingerprint density at radius 1 is 1.03 bits per heavy atom. The molecule has 0 fully saturated rings. The van der Waals surface area contributed by atoms with E-state index in [1.165, 1.54) is 13.2 Å².